The molecule has 2 N–H and O–H groups in total. The number of rotatable bonds is 12. The Morgan fingerprint density at radius 1 is 1.11 bits per heavy atom. The molecule has 2 atom stereocenters. The Hall–Kier alpha value is -3.54. The van der Waals surface area contributed by atoms with E-state index in [9.17, 15) is 19.2 Å². The lowest BCUT2D eigenvalue weighted by atomic mass is 9.95. The number of hydrogen-bond donors (Lipinski definition) is 2. The van der Waals surface area contributed by atoms with Crippen LogP contribution in [0.3, 0.4) is 0 Å². The molecule has 1 aromatic rings. The van der Waals surface area contributed by atoms with Crippen molar-refractivity contribution in [2.24, 2.45) is 5.92 Å². The summed E-state index contributed by atoms with van der Waals surface area (Å²) in [7, 11) is 0. The molecule has 0 bridgehead atoms. The van der Waals surface area contributed by atoms with E-state index in [4.69, 9.17) is 15.9 Å². The normalized spacial score (nSPS) is 12.6. The van der Waals surface area contributed by atoms with Crippen molar-refractivity contribution < 1.29 is 28.7 Å². The van der Waals surface area contributed by atoms with Crippen LogP contribution in [0, 0.1) is 18.3 Å². The van der Waals surface area contributed by atoms with Gasteiger partial charge in [-0.2, -0.15) is 0 Å². The molecule has 0 saturated carbocycles. The van der Waals surface area contributed by atoms with Crippen LogP contribution in [0.5, 0.6) is 0 Å². The molecule has 0 aromatic heterocycles. The second-order valence-electron chi connectivity index (χ2n) is 9.88. The van der Waals surface area contributed by atoms with E-state index in [1.807, 2.05) is 6.92 Å². The lowest BCUT2D eigenvalue weighted by molar-refractivity contribution is -0.144. The van der Waals surface area contributed by atoms with Crippen LogP contribution >= 0.6 is 0 Å². The highest BCUT2D eigenvalue weighted by Gasteiger charge is 2.37. The van der Waals surface area contributed by atoms with E-state index in [2.05, 4.69) is 16.6 Å². The molecule has 0 spiro atoms. The van der Waals surface area contributed by atoms with Gasteiger partial charge in [-0.25, -0.2) is 4.79 Å². The van der Waals surface area contributed by atoms with Crippen LogP contribution in [0.15, 0.2) is 24.3 Å². The van der Waals surface area contributed by atoms with Crippen molar-refractivity contribution in [2.75, 3.05) is 19.7 Å². The summed E-state index contributed by atoms with van der Waals surface area (Å²) >= 11 is 0. The third-order valence-electron chi connectivity index (χ3n) is 5.26. The molecule has 1 aromatic carbocycles. The van der Waals surface area contributed by atoms with Crippen LogP contribution in [-0.2, 0) is 23.9 Å². The molecule has 3 amide bonds. The molecule has 37 heavy (non-hydrogen) atoms. The minimum absolute atomic E-state index is 0.0143. The van der Waals surface area contributed by atoms with Crippen molar-refractivity contribution in [3.05, 3.63) is 35.4 Å². The summed E-state index contributed by atoms with van der Waals surface area (Å²) in [5, 5.41) is 5.41. The van der Waals surface area contributed by atoms with Crippen LogP contribution in [-0.4, -0.2) is 60.1 Å². The Balaban J connectivity index is 3.41. The molecule has 9 nitrogen and oxygen atoms in total. The molecular weight excluding hydrogens is 474 g/mol. The Bertz CT molecular complexity index is 977. The van der Waals surface area contributed by atoms with Gasteiger partial charge in [-0.3, -0.25) is 14.4 Å². The molecule has 0 saturated heterocycles. The first-order valence-corrected chi connectivity index (χ1v) is 12.6. The van der Waals surface area contributed by atoms with Crippen molar-refractivity contribution in [2.45, 2.75) is 79.0 Å². The zero-order valence-corrected chi connectivity index (χ0v) is 23.1. The minimum Gasteiger partial charge on any atom is -0.466 e. The molecule has 0 aliphatic heterocycles. The van der Waals surface area contributed by atoms with Crippen LogP contribution in [0.2, 0.25) is 0 Å². The van der Waals surface area contributed by atoms with Crippen molar-refractivity contribution in [1.29, 1.82) is 0 Å². The molecule has 0 aliphatic rings. The molecule has 0 fully saturated rings. The number of benzene rings is 1. The summed E-state index contributed by atoms with van der Waals surface area (Å²) in [6.07, 6.45) is 5.53. The summed E-state index contributed by atoms with van der Waals surface area (Å²) in [4.78, 5) is 53.2. The third kappa shape index (κ3) is 10.2. The van der Waals surface area contributed by atoms with E-state index in [0.29, 0.717) is 17.5 Å². The van der Waals surface area contributed by atoms with Gasteiger partial charge in [0.05, 0.1) is 13.0 Å². The second kappa shape index (κ2) is 14.9. The predicted octanol–water partition coefficient (Wildman–Crippen LogP) is 3.57. The van der Waals surface area contributed by atoms with Crippen molar-refractivity contribution in [1.82, 2.24) is 15.5 Å². The van der Waals surface area contributed by atoms with Gasteiger partial charge in [0.25, 0.3) is 0 Å². The van der Waals surface area contributed by atoms with Gasteiger partial charge in [-0.05, 0) is 51.7 Å². The third-order valence-corrected chi connectivity index (χ3v) is 5.26. The monoisotopic (exact) mass is 515 g/mol. The fraction of sp³-hybridized carbons (Fsp3) is 0.571. The minimum atomic E-state index is -1.08. The van der Waals surface area contributed by atoms with E-state index in [1.54, 1.807) is 65.8 Å². The summed E-state index contributed by atoms with van der Waals surface area (Å²) in [5.74, 6) is 0.914. The zero-order chi connectivity index (χ0) is 28.2. The van der Waals surface area contributed by atoms with Gasteiger partial charge < -0.3 is 25.0 Å². The summed E-state index contributed by atoms with van der Waals surface area (Å²) in [6.45, 7) is 12.9. The fourth-order valence-electron chi connectivity index (χ4n) is 3.67. The summed E-state index contributed by atoms with van der Waals surface area (Å²) < 4.78 is 10.3. The lowest BCUT2D eigenvalue weighted by Crippen LogP contribution is -2.55. The van der Waals surface area contributed by atoms with Gasteiger partial charge in [-0.15, -0.1) is 6.42 Å². The highest BCUT2D eigenvalue weighted by Crippen LogP contribution is 2.27. The Kier molecular flexibility index (Phi) is 12.7. The molecule has 9 heteroatoms. The van der Waals surface area contributed by atoms with Gasteiger partial charge in [0.1, 0.15) is 17.7 Å². The summed E-state index contributed by atoms with van der Waals surface area (Å²) in [6, 6.07) is 4.86. The number of carbonyl (C=O) groups excluding carboxylic acids is 4. The quantitative estimate of drug-likeness (QED) is 0.325. The molecule has 0 aliphatic carbocycles. The lowest BCUT2D eigenvalue weighted by Gasteiger charge is -2.35. The molecule has 0 heterocycles. The van der Waals surface area contributed by atoms with Crippen LogP contribution in [0.4, 0.5) is 4.79 Å². The predicted molar refractivity (Wildman–Crippen MR) is 141 cm³/mol. The number of amides is 3. The van der Waals surface area contributed by atoms with E-state index >= 15 is 0 Å². The molecule has 0 radical (unpaired) electrons. The van der Waals surface area contributed by atoms with Crippen molar-refractivity contribution in [3.8, 4) is 12.3 Å². The van der Waals surface area contributed by atoms with Gasteiger partial charge >= 0.3 is 12.1 Å². The van der Waals surface area contributed by atoms with Crippen molar-refractivity contribution in [3.63, 3.8) is 0 Å². The number of hydrogen-bond acceptors (Lipinski definition) is 6. The Morgan fingerprint density at radius 3 is 2.30 bits per heavy atom. The van der Waals surface area contributed by atoms with Crippen LogP contribution < -0.4 is 10.6 Å². The molecular formula is C28H41N3O6. The van der Waals surface area contributed by atoms with Crippen LogP contribution in [0.25, 0.3) is 0 Å². The highest BCUT2D eigenvalue weighted by atomic mass is 16.6. The Labute approximate surface area is 220 Å². The van der Waals surface area contributed by atoms with Crippen LogP contribution in [0.1, 0.15) is 78.5 Å². The first-order chi connectivity index (χ1) is 17.4. The average molecular weight is 516 g/mol. The maximum absolute atomic E-state index is 13.9. The number of ether oxygens (including phenoxy) is 2. The number of carbonyl (C=O) groups is 4. The number of nitrogens with one attached hydrogen (secondary N) is 2. The van der Waals surface area contributed by atoms with E-state index in [1.165, 1.54) is 4.90 Å². The SMILES string of the molecule is C#Cc1ccccc1C(C(=O)NCCC(=O)OCC)N(CCC)C(=O)C(NC(=O)OC(C)(C)C)C(C)C. The second-order valence-corrected chi connectivity index (χ2v) is 9.88. The van der Waals surface area contributed by atoms with Gasteiger partial charge in [0, 0.05) is 18.7 Å². The standard InChI is InChI=1S/C28H41N3O6/c1-9-18-31(26(34)23(19(4)5)30-27(35)37-28(6,7)8)24(21-15-13-12-14-20(21)10-2)25(33)29-17-16-22(32)36-11-3/h2,12-15,19,23-24H,9,11,16-18H2,1,3-8H3,(H,29,33)(H,30,35). The van der Waals surface area contributed by atoms with Gasteiger partial charge in [0.2, 0.25) is 11.8 Å². The molecule has 1 rings (SSSR count). The highest BCUT2D eigenvalue weighted by molar-refractivity contribution is 5.92. The maximum atomic E-state index is 13.9. The zero-order valence-electron chi connectivity index (χ0n) is 23.1. The number of alkyl carbamates (subject to hydrolysis) is 1. The topological polar surface area (TPSA) is 114 Å². The number of nitrogens with zero attached hydrogens (tertiary/aromatic N) is 1. The van der Waals surface area contributed by atoms with Gasteiger partial charge in [-0.1, -0.05) is 44.9 Å². The van der Waals surface area contributed by atoms with E-state index in [-0.39, 0.29) is 32.0 Å². The van der Waals surface area contributed by atoms with E-state index < -0.39 is 41.6 Å². The first-order valence-electron chi connectivity index (χ1n) is 12.6. The maximum Gasteiger partial charge on any atom is 0.408 e. The smallest absolute Gasteiger partial charge is 0.408 e. The number of esters is 1. The Morgan fingerprint density at radius 2 is 1.76 bits per heavy atom. The fourth-order valence-corrected chi connectivity index (χ4v) is 3.67. The molecule has 204 valence electrons. The van der Waals surface area contributed by atoms with Crippen molar-refractivity contribution >= 4 is 23.9 Å². The number of terminal acetylenes is 1. The summed E-state index contributed by atoms with van der Waals surface area (Å²) in [5.41, 5.74) is 0.188. The molecule has 2 unspecified atom stereocenters. The first kappa shape index (κ1) is 31.5. The van der Waals surface area contributed by atoms with E-state index in [0.717, 1.165) is 0 Å². The largest absolute Gasteiger partial charge is 0.466 e. The average Bonchev–Trinajstić information content (AvgIpc) is 2.81. The van der Waals surface area contributed by atoms with Gasteiger partial charge in [0.15, 0.2) is 0 Å².